The molecule has 0 saturated carbocycles. The normalized spacial score (nSPS) is 26.5. The number of likely N-dealkylation sites (tertiary alicyclic amines) is 1. The van der Waals surface area contributed by atoms with Crippen molar-refractivity contribution in [1.29, 1.82) is 0 Å². The lowest BCUT2D eigenvalue weighted by Crippen LogP contribution is -2.49. The number of hydrogen-bond acceptors (Lipinski definition) is 4. The summed E-state index contributed by atoms with van der Waals surface area (Å²) in [6, 6.07) is 0.289. The Kier molecular flexibility index (Phi) is 6.03. The molecule has 1 N–H and O–H groups in total. The average Bonchev–Trinajstić information content (AvgIpc) is 3.35. The van der Waals surface area contributed by atoms with Crippen molar-refractivity contribution in [3.05, 3.63) is 17.0 Å². The summed E-state index contributed by atoms with van der Waals surface area (Å²) in [4.78, 5) is 18.2. The molecular formula is C23H38N4O2. The number of fused-ring (bicyclic) bond motifs is 1. The van der Waals surface area contributed by atoms with Gasteiger partial charge in [-0.3, -0.25) is 9.89 Å². The van der Waals surface area contributed by atoms with Gasteiger partial charge in [0, 0.05) is 30.5 Å². The Morgan fingerprint density at radius 1 is 1.24 bits per heavy atom. The van der Waals surface area contributed by atoms with Crippen LogP contribution < -0.4 is 0 Å². The van der Waals surface area contributed by atoms with E-state index in [4.69, 9.17) is 4.74 Å². The van der Waals surface area contributed by atoms with Crippen LogP contribution in [0.25, 0.3) is 0 Å². The fraction of sp³-hybridized carbons (Fsp3) is 0.826. The number of carbonyl (C=O) groups is 1. The molecule has 1 amide bonds. The predicted octanol–water partition coefficient (Wildman–Crippen LogP) is 3.28. The van der Waals surface area contributed by atoms with Crippen LogP contribution in [-0.2, 0) is 17.6 Å². The van der Waals surface area contributed by atoms with E-state index >= 15 is 0 Å². The Balaban J connectivity index is 1.57. The number of aryl methyl sites for hydroxylation is 1. The Bertz CT molecular complexity index is 709. The van der Waals surface area contributed by atoms with Crippen LogP contribution in [0.2, 0.25) is 0 Å². The first-order valence-electron chi connectivity index (χ1n) is 11.5. The van der Waals surface area contributed by atoms with Crippen molar-refractivity contribution in [1.82, 2.24) is 20.0 Å². The topological polar surface area (TPSA) is 61.5 Å². The number of rotatable bonds is 4. The van der Waals surface area contributed by atoms with Crippen LogP contribution >= 0.6 is 0 Å². The van der Waals surface area contributed by atoms with Gasteiger partial charge in [-0.05, 0) is 76.4 Å². The van der Waals surface area contributed by atoms with E-state index in [0.29, 0.717) is 18.2 Å². The highest BCUT2D eigenvalue weighted by Gasteiger charge is 2.36. The third-order valence-corrected chi connectivity index (χ3v) is 7.39. The number of piperidine rings is 1. The number of aromatic amines is 1. The molecular weight excluding hydrogens is 364 g/mol. The second-order valence-electron chi connectivity index (χ2n) is 10.5. The fourth-order valence-corrected chi connectivity index (χ4v) is 5.26. The molecule has 2 atom stereocenters. The summed E-state index contributed by atoms with van der Waals surface area (Å²) in [5.74, 6) is 0.705. The van der Waals surface area contributed by atoms with Gasteiger partial charge < -0.3 is 14.5 Å². The van der Waals surface area contributed by atoms with Gasteiger partial charge in [0.05, 0.1) is 6.10 Å². The number of carbonyl (C=O) groups excluding carboxylic acids is 1. The molecule has 0 radical (unpaired) electrons. The molecule has 1 aliphatic carbocycles. The van der Waals surface area contributed by atoms with E-state index < -0.39 is 0 Å². The van der Waals surface area contributed by atoms with Gasteiger partial charge in [-0.25, -0.2) is 0 Å². The minimum Gasteiger partial charge on any atom is -0.376 e. The van der Waals surface area contributed by atoms with Crippen molar-refractivity contribution < 1.29 is 9.53 Å². The molecule has 2 saturated heterocycles. The maximum absolute atomic E-state index is 13.8. The summed E-state index contributed by atoms with van der Waals surface area (Å²) in [6.07, 6.45) is 7.52. The molecule has 3 heterocycles. The Labute approximate surface area is 175 Å². The van der Waals surface area contributed by atoms with Crippen LogP contribution in [-0.4, -0.2) is 71.3 Å². The lowest BCUT2D eigenvalue weighted by molar-refractivity contribution is 0.0314. The molecule has 0 aromatic carbocycles. The molecule has 29 heavy (non-hydrogen) atoms. The summed E-state index contributed by atoms with van der Waals surface area (Å²) >= 11 is 0. The second-order valence-corrected chi connectivity index (χ2v) is 10.5. The number of ether oxygens (including phenoxy) is 1. The Hall–Kier alpha value is -1.40. The van der Waals surface area contributed by atoms with Crippen molar-refractivity contribution in [2.45, 2.75) is 77.9 Å². The quantitative estimate of drug-likeness (QED) is 0.840. The highest BCUT2D eigenvalue weighted by atomic mass is 16.5. The number of nitrogens with zero attached hydrogens (tertiary/aromatic N) is 3. The highest BCUT2D eigenvalue weighted by Crippen LogP contribution is 2.38. The van der Waals surface area contributed by atoms with Gasteiger partial charge in [-0.2, -0.15) is 5.10 Å². The predicted molar refractivity (Wildman–Crippen MR) is 114 cm³/mol. The van der Waals surface area contributed by atoms with Gasteiger partial charge in [0.15, 0.2) is 5.69 Å². The first-order chi connectivity index (χ1) is 13.8. The summed E-state index contributed by atoms with van der Waals surface area (Å²) < 4.78 is 5.90. The SMILES string of the molecule is CN1CCC(N(C[C@@H]2CCCO2)C(=O)c2n[nH]c3c2C[C@@H](C(C)(C)C)CC3)CC1. The largest absolute Gasteiger partial charge is 0.376 e. The van der Waals surface area contributed by atoms with Crippen molar-refractivity contribution in [3.63, 3.8) is 0 Å². The van der Waals surface area contributed by atoms with Gasteiger partial charge in [0.1, 0.15) is 0 Å². The molecule has 1 aromatic rings. The van der Waals surface area contributed by atoms with Gasteiger partial charge >= 0.3 is 0 Å². The van der Waals surface area contributed by atoms with E-state index in [1.807, 2.05) is 0 Å². The fourth-order valence-electron chi connectivity index (χ4n) is 5.26. The summed E-state index contributed by atoms with van der Waals surface area (Å²) in [6.45, 7) is 10.6. The molecule has 2 aliphatic heterocycles. The molecule has 0 spiro atoms. The van der Waals surface area contributed by atoms with Crippen LogP contribution in [0, 0.1) is 11.3 Å². The first-order valence-corrected chi connectivity index (χ1v) is 11.5. The van der Waals surface area contributed by atoms with Crippen LogP contribution in [0.15, 0.2) is 0 Å². The number of amides is 1. The lowest BCUT2D eigenvalue weighted by atomic mass is 9.71. The Morgan fingerprint density at radius 3 is 2.66 bits per heavy atom. The number of nitrogens with one attached hydrogen (secondary N) is 1. The molecule has 1 aromatic heterocycles. The number of aromatic nitrogens is 2. The van der Waals surface area contributed by atoms with Crippen molar-refractivity contribution in [3.8, 4) is 0 Å². The standard InChI is InChI=1S/C23H38N4O2/c1-23(2,3)16-7-8-20-19(14-16)21(25-24-20)22(28)27(15-18-6-5-13-29-18)17-9-11-26(4)12-10-17/h16-18H,5-15H2,1-4H3,(H,24,25)/t16-,18-/m0/s1. The maximum atomic E-state index is 13.8. The zero-order valence-electron chi connectivity index (χ0n) is 18.7. The third kappa shape index (κ3) is 4.53. The van der Waals surface area contributed by atoms with E-state index in [-0.39, 0.29) is 23.5 Å². The summed E-state index contributed by atoms with van der Waals surface area (Å²) in [5.41, 5.74) is 3.27. The minimum absolute atomic E-state index is 0.113. The van der Waals surface area contributed by atoms with E-state index in [2.05, 4.69) is 47.8 Å². The molecule has 6 nitrogen and oxygen atoms in total. The third-order valence-electron chi connectivity index (χ3n) is 7.39. The summed E-state index contributed by atoms with van der Waals surface area (Å²) in [7, 11) is 2.17. The first kappa shape index (κ1) is 20.9. The Morgan fingerprint density at radius 2 is 2.00 bits per heavy atom. The molecule has 6 heteroatoms. The second kappa shape index (κ2) is 8.38. The smallest absolute Gasteiger partial charge is 0.274 e. The van der Waals surface area contributed by atoms with Crippen molar-refractivity contribution >= 4 is 5.91 Å². The van der Waals surface area contributed by atoms with Crippen LogP contribution in [0.4, 0.5) is 0 Å². The number of H-pyrrole nitrogens is 1. The summed E-state index contributed by atoms with van der Waals surface area (Å²) in [5, 5.41) is 7.75. The minimum atomic E-state index is 0.113. The van der Waals surface area contributed by atoms with Gasteiger partial charge in [0.2, 0.25) is 0 Å². The molecule has 2 fully saturated rings. The van der Waals surface area contributed by atoms with Crippen molar-refractivity contribution in [2.24, 2.45) is 11.3 Å². The van der Waals surface area contributed by atoms with Gasteiger partial charge in [-0.1, -0.05) is 20.8 Å². The van der Waals surface area contributed by atoms with Gasteiger partial charge in [-0.15, -0.1) is 0 Å². The van der Waals surface area contributed by atoms with E-state index in [1.54, 1.807) is 0 Å². The monoisotopic (exact) mass is 402 g/mol. The van der Waals surface area contributed by atoms with E-state index in [1.165, 1.54) is 17.7 Å². The van der Waals surface area contributed by atoms with E-state index in [0.717, 1.165) is 58.2 Å². The van der Waals surface area contributed by atoms with Crippen LogP contribution in [0.1, 0.15) is 74.6 Å². The zero-order chi connectivity index (χ0) is 20.6. The molecule has 0 bridgehead atoms. The average molecular weight is 403 g/mol. The molecule has 4 rings (SSSR count). The van der Waals surface area contributed by atoms with Crippen molar-refractivity contribution in [2.75, 3.05) is 33.3 Å². The van der Waals surface area contributed by atoms with Crippen LogP contribution in [0.5, 0.6) is 0 Å². The molecule has 3 aliphatic rings. The van der Waals surface area contributed by atoms with E-state index in [9.17, 15) is 4.79 Å². The number of hydrogen-bond donors (Lipinski definition) is 1. The maximum Gasteiger partial charge on any atom is 0.274 e. The lowest BCUT2D eigenvalue weighted by Gasteiger charge is -2.38. The zero-order valence-corrected chi connectivity index (χ0v) is 18.7. The molecule has 0 unspecified atom stereocenters. The van der Waals surface area contributed by atoms with Crippen LogP contribution in [0.3, 0.4) is 0 Å². The molecule has 162 valence electrons. The van der Waals surface area contributed by atoms with Gasteiger partial charge in [0.25, 0.3) is 5.91 Å². The highest BCUT2D eigenvalue weighted by molar-refractivity contribution is 5.94.